The van der Waals surface area contributed by atoms with Crippen LogP contribution in [0, 0.1) is 10.1 Å². The zero-order chi connectivity index (χ0) is 15.5. The number of sulfone groups is 1. The molecule has 0 aliphatic heterocycles. The highest BCUT2D eigenvalue weighted by molar-refractivity contribution is 7.91. The van der Waals surface area contributed by atoms with Gasteiger partial charge in [0.25, 0.3) is 0 Å². The summed E-state index contributed by atoms with van der Waals surface area (Å²) < 4.78 is 23.2. The van der Waals surface area contributed by atoms with Crippen LogP contribution >= 0.6 is 11.6 Å². The monoisotopic (exact) mass is 321 g/mol. The first-order valence-electron chi connectivity index (χ1n) is 5.91. The van der Waals surface area contributed by atoms with Crippen LogP contribution in [0.1, 0.15) is 13.8 Å². The van der Waals surface area contributed by atoms with Gasteiger partial charge in [0.2, 0.25) is 5.82 Å². The fourth-order valence-corrected chi connectivity index (χ4v) is 2.98. The minimum atomic E-state index is -3.18. The Labute approximate surface area is 122 Å². The van der Waals surface area contributed by atoms with Crippen molar-refractivity contribution in [3.63, 3.8) is 0 Å². The van der Waals surface area contributed by atoms with Gasteiger partial charge < -0.3 is 4.90 Å². The van der Waals surface area contributed by atoms with Crippen LogP contribution in [0.15, 0.2) is 12.3 Å². The van der Waals surface area contributed by atoms with E-state index in [-0.39, 0.29) is 28.0 Å². The highest BCUT2D eigenvalue weighted by Gasteiger charge is 2.25. The van der Waals surface area contributed by atoms with Gasteiger partial charge in [-0.15, -0.1) is 0 Å². The van der Waals surface area contributed by atoms with Crippen LogP contribution in [0.4, 0.5) is 11.5 Å². The minimum Gasteiger partial charge on any atom is -0.350 e. The molecule has 0 radical (unpaired) electrons. The van der Waals surface area contributed by atoms with Crippen LogP contribution in [0.2, 0.25) is 5.02 Å². The molecule has 1 aromatic heterocycles. The van der Waals surface area contributed by atoms with Crippen molar-refractivity contribution in [2.24, 2.45) is 0 Å². The lowest BCUT2D eigenvalue weighted by atomic mass is 10.3. The Balaban J connectivity index is 3.09. The second-order valence-electron chi connectivity index (χ2n) is 4.41. The van der Waals surface area contributed by atoms with Crippen LogP contribution in [0.3, 0.4) is 0 Å². The van der Waals surface area contributed by atoms with E-state index < -0.39 is 20.8 Å². The fourth-order valence-electron chi connectivity index (χ4n) is 1.63. The van der Waals surface area contributed by atoms with Gasteiger partial charge in [-0.25, -0.2) is 13.4 Å². The van der Waals surface area contributed by atoms with Crippen LogP contribution in [-0.2, 0) is 9.84 Å². The summed E-state index contributed by atoms with van der Waals surface area (Å²) in [5.41, 5.74) is -0.249. The maximum atomic E-state index is 11.6. The molecule has 20 heavy (non-hydrogen) atoms. The molecule has 0 amide bonds. The van der Waals surface area contributed by atoms with Crippen LogP contribution < -0.4 is 4.90 Å². The summed E-state index contributed by atoms with van der Waals surface area (Å²) in [7, 11) is -1.61. The molecule has 112 valence electrons. The van der Waals surface area contributed by atoms with Gasteiger partial charge in [0, 0.05) is 31.1 Å². The van der Waals surface area contributed by atoms with Crippen molar-refractivity contribution >= 4 is 32.9 Å². The lowest BCUT2D eigenvalue weighted by molar-refractivity contribution is -0.384. The summed E-state index contributed by atoms with van der Waals surface area (Å²) in [6.45, 7) is 3.23. The van der Waals surface area contributed by atoms with Crippen molar-refractivity contribution in [1.29, 1.82) is 0 Å². The molecule has 0 aliphatic carbocycles. The lowest BCUT2D eigenvalue weighted by Gasteiger charge is -2.25. The first kappa shape index (κ1) is 16.6. The van der Waals surface area contributed by atoms with Gasteiger partial charge in [-0.3, -0.25) is 10.1 Å². The predicted molar refractivity (Wildman–Crippen MR) is 78.1 cm³/mol. The largest absolute Gasteiger partial charge is 0.350 e. The van der Waals surface area contributed by atoms with Crippen molar-refractivity contribution in [3.05, 3.63) is 27.4 Å². The number of aromatic nitrogens is 1. The first-order chi connectivity index (χ1) is 9.18. The molecule has 0 aromatic carbocycles. The third kappa shape index (κ3) is 4.04. The fraction of sp³-hybridized carbons (Fsp3) is 0.545. The van der Waals surface area contributed by atoms with E-state index in [0.29, 0.717) is 0 Å². The molecule has 1 heterocycles. The summed E-state index contributed by atoms with van der Waals surface area (Å²) >= 11 is 5.69. The van der Waals surface area contributed by atoms with Crippen molar-refractivity contribution in [1.82, 2.24) is 4.98 Å². The van der Waals surface area contributed by atoms with Crippen LogP contribution in [-0.4, -0.2) is 42.9 Å². The van der Waals surface area contributed by atoms with Crippen molar-refractivity contribution in [2.75, 3.05) is 23.5 Å². The minimum absolute atomic E-state index is 0.0291. The average Bonchev–Trinajstić information content (AvgIpc) is 2.37. The Morgan fingerprint density at radius 1 is 1.55 bits per heavy atom. The number of anilines is 1. The zero-order valence-electron chi connectivity index (χ0n) is 11.4. The molecule has 0 fully saturated rings. The number of nitrogens with zero attached hydrogens (tertiary/aromatic N) is 3. The van der Waals surface area contributed by atoms with E-state index in [9.17, 15) is 18.5 Å². The van der Waals surface area contributed by atoms with Gasteiger partial charge in [0.1, 0.15) is 0 Å². The molecule has 0 saturated heterocycles. The normalized spacial score (nSPS) is 13.0. The Morgan fingerprint density at radius 3 is 2.65 bits per heavy atom. The standard InChI is InChI=1S/C11H16ClN3O4S/c1-4-20(18,19)7-8(2)14(3)11-10(15(16)17)5-9(12)6-13-11/h5-6,8H,4,7H2,1-3H3/t8-/m0/s1. The smallest absolute Gasteiger partial charge is 0.313 e. The summed E-state index contributed by atoms with van der Waals surface area (Å²) in [5.74, 6) is 0.0289. The Bertz CT molecular complexity index is 606. The van der Waals surface area contributed by atoms with Gasteiger partial charge in [0.15, 0.2) is 9.84 Å². The van der Waals surface area contributed by atoms with E-state index >= 15 is 0 Å². The first-order valence-corrected chi connectivity index (χ1v) is 8.11. The second-order valence-corrected chi connectivity index (χ2v) is 7.25. The SMILES string of the molecule is CCS(=O)(=O)C[C@H](C)N(C)c1ncc(Cl)cc1[N+](=O)[O-]. The Hall–Kier alpha value is -1.41. The molecule has 7 nitrogen and oxygen atoms in total. The number of hydrogen-bond donors (Lipinski definition) is 0. The van der Waals surface area contributed by atoms with E-state index in [1.54, 1.807) is 20.9 Å². The molecule has 0 N–H and O–H groups in total. The number of pyridine rings is 1. The van der Waals surface area contributed by atoms with Gasteiger partial charge >= 0.3 is 5.69 Å². The van der Waals surface area contributed by atoms with Gasteiger partial charge in [-0.1, -0.05) is 18.5 Å². The van der Waals surface area contributed by atoms with Crippen LogP contribution in [0.5, 0.6) is 0 Å². The summed E-state index contributed by atoms with van der Waals surface area (Å²) in [6.07, 6.45) is 1.29. The topological polar surface area (TPSA) is 93.4 Å². The molecule has 9 heteroatoms. The summed E-state index contributed by atoms with van der Waals surface area (Å²) in [5, 5.41) is 11.2. The second kappa shape index (κ2) is 6.36. The maximum Gasteiger partial charge on any atom is 0.313 e. The third-order valence-electron chi connectivity index (χ3n) is 2.94. The molecule has 0 aliphatic rings. The molecule has 0 saturated carbocycles. The molecular formula is C11H16ClN3O4S. The van der Waals surface area contributed by atoms with Crippen molar-refractivity contribution in [3.8, 4) is 0 Å². The molecule has 1 atom stereocenters. The molecule has 1 rings (SSSR count). The van der Waals surface area contributed by atoms with E-state index in [2.05, 4.69) is 4.98 Å². The number of rotatable bonds is 6. The Kier molecular flexibility index (Phi) is 5.29. The summed E-state index contributed by atoms with van der Waals surface area (Å²) in [4.78, 5) is 15.8. The average molecular weight is 322 g/mol. The van der Waals surface area contributed by atoms with Gasteiger partial charge in [-0.05, 0) is 6.92 Å². The number of nitro groups is 1. The number of halogens is 1. The maximum absolute atomic E-state index is 11.6. The van der Waals surface area contributed by atoms with Crippen molar-refractivity contribution < 1.29 is 13.3 Å². The predicted octanol–water partition coefficient (Wildman–Crippen LogP) is 1.90. The Morgan fingerprint density at radius 2 is 2.15 bits per heavy atom. The number of hydrogen-bond acceptors (Lipinski definition) is 6. The van der Waals surface area contributed by atoms with Gasteiger partial charge in [-0.2, -0.15) is 0 Å². The third-order valence-corrected chi connectivity index (χ3v) is 5.02. The van der Waals surface area contributed by atoms with Crippen molar-refractivity contribution in [2.45, 2.75) is 19.9 Å². The van der Waals surface area contributed by atoms with Crippen LogP contribution in [0.25, 0.3) is 0 Å². The molecule has 0 unspecified atom stereocenters. The quantitative estimate of drug-likeness (QED) is 0.587. The highest BCUT2D eigenvalue weighted by Crippen LogP contribution is 2.28. The molecule has 1 aromatic rings. The molecular weight excluding hydrogens is 306 g/mol. The zero-order valence-corrected chi connectivity index (χ0v) is 13.0. The lowest BCUT2D eigenvalue weighted by Crippen LogP contribution is -2.36. The molecule has 0 spiro atoms. The molecule has 0 bridgehead atoms. The van der Waals surface area contributed by atoms with E-state index in [4.69, 9.17) is 11.6 Å². The summed E-state index contributed by atoms with van der Waals surface area (Å²) in [6, 6.07) is 0.758. The highest BCUT2D eigenvalue weighted by atomic mass is 35.5. The van der Waals surface area contributed by atoms with E-state index in [1.165, 1.54) is 17.2 Å². The van der Waals surface area contributed by atoms with E-state index in [0.717, 1.165) is 0 Å². The van der Waals surface area contributed by atoms with E-state index in [1.807, 2.05) is 0 Å². The van der Waals surface area contributed by atoms with Gasteiger partial charge in [0.05, 0.1) is 15.7 Å².